The van der Waals surface area contributed by atoms with E-state index in [0.29, 0.717) is 18.6 Å². The number of hydrogen-bond donors (Lipinski definition) is 1. The lowest BCUT2D eigenvalue weighted by Crippen LogP contribution is -2.52. The van der Waals surface area contributed by atoms with Gasteiger partial charge in [-0.3, -0.25) is 9.59 Å². The van der Waals surface area contributed by atoms with Crippen LogP contribution in [0.2, 0.25) is 0 Å². The molecule has 1 aliphatic carbocycles. The summed E-state index contributed by atoms with van der Waals surface area (Å²) in [5, 5.41) is 8.15. The van der Waals surface area contributed by atoms with Crippen LogP contribution >= 0.6 is 0 Å². The van der Waals surface area contributed by atoms with Crippen LogP contribution in [0.1, 0.15) is 41.6 Å². The lowest BCUT2D eigenvalue weighted by atomic mass is 9.56. The minimum Gasteiger partial charge on any atom is -0.493 e. The third-order valence-corrected chi connectivity index (χ3v) is 6.22. The van der Waals surface area contributed by atoms with Gasteiger partial charge in [-0.1, -0.05) is 42.5 Å². The minimum atomic E-state index is -0.852. The third-order valence-electron chi connectivity index (χ3n) is 6.22. The van der Waals surface area contributed by atoms with Crippen LogP contribution in [0.5, 0.6) is 5.75 Å². The van der Waals surface area contributed by atoms with Crippen molar-refractivity contribution in [1.29, 1.82) is 0 Å². The van der Waals surface area contributed by atoms with Crippen LogP contribution < -0.4 is 4.74 Å². The SMILES string of the molecule is BC(B)(c1ccccc1OCC/C=C/CC(=O)O)N(C(=O)c1ccc(-c2ccco2)cc1)C1CC1. The molecule has 0 atom stereocenters. The van der Waals surface area contributed by atoms with Crippen LogP contribution in [0.3, 0.4) is 0 Å². The number of para-hydroxylation sites is 1. The second kappa shape index (κ2) is 10.7. The quantitative estimate of drug-likeness (QED) is 0.265. The van der Waals surface area contributed by atoms with Crippen LogP contribution in [0.4, 0.5) is 0 Å². The summed E-state index contributed by atoms with van der Waals surface area (Å²) in [4.78, 5) is 26.4. The first kappa shape index (κ1) is 24.5. The third kappa shape index (κ3) is 5.88. The summed E-state index contributed by atoms with van der Waals surface area (Å²) < 4.78 is 11.5. The molecule has 0 unspecified atom stereocenters. The second-order valence-electron chi connectivity index (χ2n) is 9.22. The summed E-state index contributed by atoms with van der Waals surface area (Å²) in [7, 11) is 4.13. The van der Waals surface area contributed by atoms with E-state index in [1.807, 2.05) is 71.6 Å². The van der Waals surface area contributed by atoms with E-state index in [1.54, 1.807) is 12.3 Å². The number of benzene rings is 2. The highest BCUT2D eigenvalue weighted by Gasteiger charge is 2.43. The molecule has 0 spiro atoms. The Morgan fingerprint density at radius 2 is 1.80 bits per heavy atom. The number of amides is 1. The highest BCUT2D eigenvalue weighted by atomic mass is 16.5. The number of carboxylic acids is 1. The molecule has 1 heterocycles. The smallest absolute Gasteiger partial charge is 0.307 e. The molecular weight excluding hydrogens is 440 g/mol. The Hall–Kier alpha value is -3.67. The molecule has 35 heavy (non-hydrogen) atoms. The van der Waals surface area contributed by atoms with Crippen LogP contribution in [0, 0.1) is 0 Å². The zero-order valence-electron chi connectivity index (χ0n) is 20.1. The maximum atomic E-state index is 13.7. The van der Waals surface area contributed by atoms with Gasteiger partial charge in [-0.25, -0.2) is 0 Å². The number of hydrogen-bond acceptors (Lipinski definition) is 4. The van der Waals surface area contributed by atoms with Gasteiger partial charge in [0.2, 0.25) is 0 Å². The molecule has 0 saturated heterocycles. The molecule has 1 saturated carbocycles. The summed E-state index contributed by atoms with van der Waals surface area (Å²) in [6.45, 7) is 0.425. The summed E-state index contributed by atoms with van der Waals surface area (Å²) >= 11 is 0. The fraction of sp³-hybridized carbons (Fsp3) is 0.259. The number of carbonyl (C=O) groups is 2. The zero-order valence-corrected chi connectivity index (χ0v) is 20.1. The van der Waals surface area contributed by atoms with Gasteiger partial charge in [-0.2, -0.15) is 0 Å². The predicted molar refractivity (Wildman–Crippen MR) is 140 cm³/mol. The fourth-order valence-electron chi connectivity index (χ4n) is 4.33. The molecule has 6 nitrogen and oxygen atoms in total. The van der Waals surface area contributed by atoms with Crippen LogP contribution in [0.15, 0.2) is 83.5 Å². The van der Waals surface area contributed by atoms with Crippen molar-refractivity contribution in [2.24, 2.45) is 0 Å². The largest absolute Gasteiger partial charge is 0.493 e. The van der Waals surface area contributed by atoms with Gasteiger partial charge in [0.25, 0.3) is 5.91 Å². The fourth-order valence-corrected chi connectivity index (χ4v) is 4.33. The zero-order chi connectivity index (χ0) is 24.8. The summed E-state index contributed by atoms with van der Waals surface area (Å²) in [5.74, 6) is 0.646. The second-order valence-corrected chi connectivity index (χ2v) is 9.22. The number of aliphatic carboxylic acids is 1. The lowest BCUT2D eigenvalue weighted by molar-refractivity contribution is -0.136. The van der Waals surface area contributed by atoms with Crippen molar-refractivity contribution in [2.45, 2.75) is 37.1 Å². The molecule has 1 N–H and O–H groups in total. The Bertz CT molecular complexity index is 1180. The van der Waals surface area contributed by atoms with E-state index in [2.05, 4.69) is 15.7 Å². The summed E-state index contributed by atoms with van der Waals surface area (Å²) in [6.07, 6.45) is 7.66. The Labute approximate surface area is 207 Å². The van der Waals surface area contributed by atoms with Crippen molar-refractivity contribution in [3.8, 4) is 17.1 Å². The number of carboxylic acid groups (broad SMARTS) is 1. The van der Waals surface area contributed by atoms with Gasteiger partial charge in [0.15, 0.2) is 0 Å². The average Bonchev–Trinajstić information content (AvgIpc) is 3.51. The highest BCUT2D eigenvalue weighted by Crippen LogP contribution is 2.39. The normalized spacial score (nSPS) is 13.6. The monoisotopic (exact) mass is 469 g/mol. The van der Waals surface area contributed by atoms with Crippen molar-refractivity contribution < 1.29 is 23.8 Å². The topological polar surface area (TPSA) is 80.0 Å². The molecule has 1 fully saturated rings. The molecule has 1 aliphatic rings. The van der Waals surface area contributed by atoms with Crippen LogP contribution in [0.25, 0.3) is 11.3 Å². The van der Waals surface area contributed by atoms with E-state index in [-0.39, 0.29) is 18.4 Å². The number of nitrogens with zero attached hydrogens (tertiary/aromatic N) is 1. The number of rotatable bonds is 11. The van der Waals surface area contributed by atoms with Crippen molar-refractivity contribution in [3.63, 3.8) is 0 Å². The number of furan rings is 1. The molecule has 0 aliphatic heterocycles. The molecular formula is C27H29B2NO5. The van der Waals surface area contributed by atoms with E-state index >= 15 is 0 Å². The molecule has 3 aromatic rings. The van der Waals surface area contributed by atoms with E-state index < -0.39 is 11.3 Å². The maximum absolute atomic E-state index is 13.7. The molecule has 4 rings (SSSR count). The molecule has 0 radical (unpaired) electrons. The maximum Gasteiger partial charge on any atom is 0.307 e. The standard InChI is InChI=1S/C27H29B2NO5/c28-27(29,22-7-3-4-8-24(22)35-17-5-1-2-10-25(31)32)30(21-15-16-21)26(33)20-13-11-19(12-14-20)23-9-6-18-34-23/h1-4,6-9,11-14,18,21H,5,10,15-17,28-29H2,(H,31,32)/b2-1+. The first-order chi connectivity index (χ1) is 16.9. The van der Waals surface area contributed by atoms with E-state index in [9.17, 15) is 9.59 Å². The summed E-state index contributed by atoms with van der Waals surface area (Å²) in [6, 6.07) is 19.3. The van der Waals surface area contributed by atoms with Gasteiger partial charge in [-0.05, 0) is 49.6 Å². The predicted octanol–water partition coefficient (Wildman–Crippen LogP) is 3.43. The van der Waals surface area contributed by atoms with Gasteiger partial charge < -0.3 is 19.2 Å². The van der Waals surface area contributed by atoms with E-state index in [1.165, 1.54) is 0 Å². The average molecular weight is 469 g/mol. The first-order valence-corrected chi connectivity index (χ1v) is 11.9. The molecule has 0 bridgehead atoms. The lowest BCUT2D eigenvalue weighted by Gasteiger charge is -2.41. The van der Waals surface area contributed by atoms with Gasteiger partial charge >= 0.3 is 5.97 Å². The minimum absolute atomic E-state index is 0.00453. The summed E-state index contributed by atoms with van der Waals surface area (Å²) in [5.41, 5.74) is 2.52. The van der Waals surface area contributed by atoms with E-state index in [0.717, 1.165) is 35.5 Å². The van der Waals surface area contributed by atoms with Gasteiger partial charge in [0, 0.05) is 28.1 Å². The van der Waals surface area contributed by atoms with Crippen molar-refractivity contribution in [3.05, 3.63) is 90.2 Å². The first-order valence-electron chi connectivity index (χ1n) is 11.9. The van der Waals surface area contributed by atoms with E-state index in [4.69, 9.17) is 14.3 Å². The molecule has 1 aromatic heterocycles. The molecule has 1 amide bonds. The van der Waals surface area contributed by atoms with Gasteiger partial charge in [-0.15, -0.1) is 0 Å². The number of carbonyl (C=O) groups excluding carboxylic acids is 1. The van der Waals surface area contributed by atoms with Gasteiger partial charge in [0.1, 0.15) is 27.2 Å². The Kier molecular flexibility index (Phi) is 7.49. The molecule has 2 aromatic carbocycles. The number of ether oxygens (including phenoxy) is 1. The van der Waals surface area contributed by atoms with Crippen LogP contribution in [-0.2, 0) is 10.1 Å². The molecule has 178 valence electrons. The van der Waals surface area contributed by atoms with Crippen molar-refractivity contribution in [1.82, 2.24) is 4.90 Å². The van der Waals surface area contributed by atoms with Crippen molar-refractivity contribution in [2.75, 3.05) is 6.61 Å². The Morgan fingerprint density at radius 3 is 2.46 bits per heavy atom. The Balaban J connectivity index is 1.52. The van der Waals surface area contributed by atoms with Crippen molar-refractivity contribution >= 4 is 27.6 Å². The Morgan fingerprint density at radius 1 is 1.06 bits per heavy atom. The highest BCUT2D eigenvalue weighted by molar-refractivity contribution is 6.41. The van der Waals surface area contributed by atoms with Gasteiger partial charge in [0.05, 0.1) is 19.3 Å². The molecule has 8 heteroatoms. The van der Waals surface area contributed by atoms with Crippen LogP contribution in [-0.4, -0.2) is 50.2 Å².